The van der Waals surface area contributed by atoms with Crippen LogP contribution in [0.5, 0.6) is 0 Å². The number of nitrogens with zero attached hydrogens (tertiary/aromatic N) is 1. The highest BCUT2D eigenvalue weighted by Crippen LogP contribution is 2.22. The van der Waals surface area contributed by atoms with E-state index in [1.54, 1.807) is 17.5 Å². The molecule has 1 unspecified atom stereocenters. The minimum Gasteiger partial charge on any atom is -0.320 e. The molecule has 2 nitrogen and oxygen atoms in total. The molecule has 2 aromatic rings. The van der Waals surface area contributed by atoms with Crippen molar-refractivity contribution < 1.29 is 0 Å². The van der Waals surface area contributed by atoms with Crippen molar-refractivity contribution in [2.24, 2.45) is 5.73 Å². The predicted octanol–water partition coefficient (Wildman–Crippen LogP) is 2.50. The van der Waals surface area contributed by atoms with E-state index in [0.717, 1.165) is 16.8 Å². The van der Waals surface area contributed by atoms with Gasteiger partial charge in [-0.15, -0.1) is 0 Å². The van der Waals surface area contributed by atoms with E-state index in [2.05, 4.69) is 16.4 Å². The van der Waals surface area contributed by atoms with Gasteiger partial charge >= 0.3 is 0 Å². The van der Waals surface area contributed by atoms with Crippen LogP contribution in [0.25, 0.3) is 0 Å². The lowest BCUT2D eigenvalue weighted by Gasteiger charge is -2.12. The summed E-state index contributed by atoms with van der Waals surface area (Å²) in [5.74, 6) is 0. The van der Waals surface area contributed by atoms with Crippen LogP contribution < -0.4 is 5.73 Å². The first-order valence-electron chi connectivity index (χ1n) is 4.48. The summed E-state index contributed by atoms with van der Waals surface area (Å²) in [6, 6.07) is 5.97. The highest BCUT2D eigenvalue weighted by molar-refractivity contribution is 7.08. The van der Waals surface area contributed by atoms with Gasteiger partial charge < -0.3 is 5.73 Å². The number of pyridine rings is 1. The fraction of sp³-hybridized carbons (Fsp3) is 0.182. The van der Waals surface area contributed by atoms with Gasteiger partial charge in [0.2, 0.25) is 0 Å². The Labute approximate surface area is 87.4 Å². The molecule has 0 radical (unpaired) electrons. The fourth-order valence-electron chi connectivity index (χ4n) is 1.46. The monoisotopic (exact) mass is 204 g/mol. The average Bonchev–Trinajstić information content (AvgIpc) is 2.70. The van der Waals surface area contributed by atoms with E-state index in [1.807, 2.05) is 24.4 Å². The van der Waals surface area contributed by atoms with Crippen LogP contribution in [0.2, 0.25) is 0 Å². The van der Waals surface area contributed by atoms with Crippen LogP contribution in [-0.4, -0.2) is 4.98 Å². The predicted molar refractivity (Wildman–Crippen MR) is 59.3 cm³/mol. The maximum atomic E-state index is 6.13. The molecule has 3 heteroatoms. The van der Waals surface area contributed by atoms with Crippen molar-refractivity contribution in [2.75, 3.05) is 0 Å². The van der Waals surface area contributed by atoms with E-state index in [-0.39, 0.29) is 6.04 Å². The molecule has 14 heavy (non-hydrogen) atoms. The molecule has 0 aliphatic rings. The van der Waals surface area contributed by atoms with Gasteiger partial charge in [0.15, 0.2) is 0 Å². The van der Waals surface area contributed by atoms with Gasteiger partial charge in [-0.2, -0.15) is 11.3 Å². The van der Waals surface area contributed by atoms with Crippen molar-refractivity contribution in [1.29, 1.82) is 0 Å². The highest BCUT2D eigenvalue weighted by Gasteiger charge is 2.11. The number of thiophene rings is 1. The maximum Gasteiger partial charge on any atom is 0.0577 e. The number of rotatable bonds is 2. The van der Waals surface area contributed by atoms with Crippen molar-refractivity contribution in [1.82, 2.24) is 4.98 Å². The molecule has 0 saturated heterocycles. The van der Waals surface area contributed by atoms with Gasteiger partial charge in [-0.05, 0) is 40.9 Å². The number of aromatic nitrogens is 1. The first-order valence-corrected chi connectivity index (χ1v) is 5.42. The molecule has 2 N–H and O–H groups in total. The molecule has 0 amide bonds. The Morgan fingerprint density at radius 3 is 2.93 bits per heavy atom. The molecule has 0 saturated carbocycles. The second-order valence-corrected chi connectivity index (χ2v) is 3.99. The van der Waals surface area contributed by atoms with Crippen LogP contribution in [0.1, 0.15) is 22.9 Å². The fourth-order valence-corrected chi connectivity index (χ4v) is 2.15. The van der Waals surface area contributed by atoms with Crippen LogP contribution in [-0.2, 0) is 0 Å². The zero-order valence-corrected chi connectivity index (χ0v) is 8.79. The molecule has 2 heterocycles. The molecule has 0 aliphatic heterocycles. The topological polar surface area (TPSA) is 38.9 Å². The van der Waals surface area contributed by atoms with Crippen LogP contribution in [0, 0.1) is 6.92 Å². The lowest BCUT2D eigenvalue weighted by atomic mass is 10.0. The van der Waals surface area contributed by atoms with Crippen LogP contribution in [0.4, 0.5) is 0 Å². The van der Waals surface area contributed by atoms with Gasteiger partial charge in [-0.3, -0.25) is 4.98 Å². The van der Waals surface area contributed by atoms with Gasteiger partial charge in [-0.1, -0.05) is 6.07 Å². The van der Waals surface area contributed by atoms with Gasteiger partial charge in [0.1, 0.15) is 0 Å². The molecule has 2 aromatic heterocycles. The zero-order chi connectivity index (χ0) is 9.97. The SMILES string of the molecule is Cc1ncccc1C(N)c1ccsc1. The molecule has 72 valence electrons. The Bertz CT molecular complexity index is 409. The van der Waals surface area contributed by atoms with Crippen molar-refractivity contribution in [3.63, 3.8) is 0 Å². The van der Waals surface area contributed by atoms with E-state index in [0.29, 0.717) is 0 Å². The highest BCUT2D eigenvalue weighted by atomic mass is 32.1. The second-order valence-electron chi connectivity index (χ2n) is 3.21. The average molecular weight is 204 g/mol. The molecular weight excluding hydrogens is 192 g/mol. The van der Waals surface area contributed by atoms with Crippen molar-refractivity contribution in [2.45, 2.75) is 13.0 Å². The largest absolute Gasteiger partial charge is 0.320 e. The van der Waals surface area contributed by atoms with Crippen molar-refractivity contribution >= 4 is 11.3 Å². The summed E-state index contributed by atoms with van der Waals surface area (Å²) >= 11 is 1.67. The normalized spacial score (nSPS) is 12.7. The van der Waals surface area contributed by atoms with Crippen LogP contribution in [0.3, 0.4) is 0 Å². The van der Waals surface area contributed by atoms with Crippen molar-refractivity contribution in [3.05, 3.63) is 52.0 Å². The first-order chi connectivity index (χ1) is 6.79. The lowest BCUT2D eigenvalue weighted by molar-refractivity contribution is 0.853. The summed E-state index contributed by atoms with van der Waals surface area (Å²) < 4.78 is 0. The number of hydrogen-bond acceptors (Lipinski definition) is 3. The zero-order valence-electron chi connectivity index (χ0n) is 7.97. The third-order valence-corrected chi connectivity index (χ3v) is 2.99. The van der Waals surface area contributed by atoms with Gasteiger partial charge in [0.25, 0.3) is 0 Å². The Morgan fingerprint density at radius 2 is 2.29 bits per heavy atom. The van der Waals surface area contributed by atoms with Gasteiger partial charge in [-0.25, -0.2) is 0 Å². The molecule has 0 bridgehead atoms. The molecule has 0 fully saturated rings. The van der Waals surface area contributed by atoms with E-state index in [4.69, 9.17) is 5.73 Å². The van der Waals surface area contributed by atoms with Crippen LogP contribution in [0.15, 0.2) is 35.2 Å². The third kappa shape index (κ3) is 1.69. The quantitative estimate of drug-likeness (QED) is 0.816. The van der Waals surface area contributed by atoms with E-state index in [1.165, 1.54) is 0 Å². The van der Waals surface area contributed by atoms with E-state index >= 15 is 0 Å². The number of hydrogen-bond donors (Lipinski definition) is 1. The maximum absolute atomic E-state index is 6.13. The molecular formula is C11H12N2S. The summed E-state index contributed by atoms with van der Waals surface area (Å²) in [7, 11) is 0. The number of aryl methyl sites for hydroxylation is 1. The summed E-state index contributed by atoms with van der Waals surface area (Å²) in [5.41, 5.74) is 9.40. The molecule has 0 aliphatic carbocycles. The lowest BCUT2D eigenvalue weighted by Crippen LogP contribution is -2.12. The van der Waals surface area contributed by atoms with Gasteiger partial charge in [0.05, 0.1) is 6.04 Å². The molecule has 2 rings (SSSR count). The first kappa shape index (κ1) is 9.37. The summed E-state index contributed by atoms with van der Waals surface area (Å²) in [4.78, 5) is 4.23. The van der Waals surface area contributed by atoms with E-state index < -0.39 is 0 Å². The van der Waals surface area contributed by atoms with E-state index in [9.17, 15) is 0 Å². The number of nitrogens with two attached hydrogens (primary N) is 1. The summed E-state index contributed by atoms with van der Waals surface area (Å²) in [6.07, 6.45) is 1.79. The Morgan fingerprint density at radius 1 is 1.43 bits per heavy atom. The smallest absolute Gasteiger partial charge is 0.0577 e. The Kier molecular flexibility index (Phi) is 2.61. The molecule has 0 aromatic carbocycles. The standard InChI is InChI=1S/C11H12N2S/c1-8-10(3-2-5-13-8)11(12)9-4-6-14-7-9/h2-7,11H,12H2,1H3. The third-order valence-electron chi connectivity index (χ3n) is 2.29. The Hall–Kier alpha value is -1.19. The minimum atomic E-state index is -0.0463. The summed E-state index contributed by atoms with van der Waals surface area (Å²) in [5, 5.41) is 4.12. The molecule has 1 atom stereocenters. The second kappa shape index (κ2) is 3.90. The van der Waals surface area contributed by atoms with Crippen LogP contribution >= 0.6 is 11.3 Å². The summed E-state index contributed by atoms with van der Waals surface area (Å²) in [6.45, 7) is 1.99. The molecule has 0 spiro atoms. The van der Waals surface area contributed by atoms with Crippen molar-refractivity contribution in [3.8, 4) is 0 Å². The minimum absolute atomic E-state index is 0.0463. The van der Waals surface area contributed by atoms with Gasteiger partial charge in [0, 0.05) is 11.9 Å². The Balaban J connectivity index is 2.37.